The highest BCUT2D eigenvalue weighted by Gasteiger charge is 2.09. The first-order chi connectivity index (χ1) is 9.04. The van der Waals surface area contributed by atoms with E-state index in [0.29, 0.717) is 28.8 Å². The molecule has 1 rings (SSSR count). The first-order valence-corrected chi connectivity index (χ1v) is 6.49. The maximum atomic E-state index is 11.7. The second-order valence-electron chi connectivity index (χ2n) is 3.90. The summed E-state index contributed by atoms with van der Waals surface area (Å²) in [6.07, 6.45) is 0.550. The summed E-state index contributed by atoms with van der Waals surface area (Å²) in [6.45, 7) is 0.642. The standard InChI is InChI=1S/C13H14Cl2N2O2/c1-17(7-2-6-16)13(18)5-8-19-12-9-10(14)3-4-11(12)15/h3-4,9H,2,5,7-8H2,1H3. The van der Waals surface area contributed by atoms with Crippen molar-refractivity contribution >= 4 is 29.1 Å². The number of carbonyl (C=O) groups excluding carboxylic acids is 1. The molecule has 0 fully saturated rings. The zero-order valence-corrected chi connectivity index (χ0v) is 12.0. The minimum Gasteiger partial charge on any atom is -0.491 e. The van der Waals surface area contributed by atoms with E-state index in [4.69, 9.17) is 33.2 Å². The Bertz CT molecular complexity index is 486. The van der Waals surface area contributed by atoms with Gasteiger partial charge in [-0.1, -0.05) is 23.2 Å². The van der Waals surface area contributed by atoms with Gasteiger partial charge in [0.2, 0.25) is 5.91 Å². The van der Waals surface area contributed by atoms with Gasteiger partial charge in [0.25, 0.3) is 0 Å². The van der Waals surface area contributed by atoms with E-state index in [1.807, 2.05) is 6.07 Å². The van der Waals surface area contributed by atoms with E-state index in [1.165, 1.54) is 4.90 Å². The number of nitrogens with zero attached hydrogens (tertiary/aromatic N) is 2. The maximum Gasteiger partial charge on any atom is 0.225 e. The minimum atomic E-state index is -0.0756. The van der Waals surface area contributed by atoms with Crippen molar-refractivity contribution in [3.8, 4) is 11.8 Å². The number of hydrogen-bond acceptors (Lipinski definition) is 3. The molecule has 19 heavy (non-hydrogen) atoms. The summed E-state index contributed by atoms with van der Waals surface area (Å²) in [7, 11) is 1.66. The van der Waals surface area contributed by atoms with Gasteiger partial charge in [-0.3, -0.25) is 4.79 Å². The Hall–Kier alpha value is -1.44. The van der Waals surface area contributed by atoms with Crippen molar-refractivity contribution in [1.29, 1.82) is 5.26 Å². The lowest BCUT2D eigenvalue weighted by Gasteiger charge is -2.15. The highest BCUT2D eigenvalue weighted by atomic mass is 35.5. The van der Waals surface area contributed by atoms with Crippen LogP contribution >= 0.6 is 23.2 Å². The smallest absolute Gasteiger partial charge is 0.225 e. The molecule has 0 spiro atoms. The van der Waals surface area contributed by atoms with Gasteiger partial charge in [-0.05, 0) is 12.1 Å². The SMILES string of the molecule is CN(CCC#N)C(=O)CCOc1cc(Cl)ccc1Cl. The summed E-state index contributed by atoms with van der Waals surface area (Å²) < 4.78 is 5.41. The summed E-state index contributed by atoms with van der Waals surface area (Å²) in [5.74, 6) is 0.384. The van der Waals surface area contributed by atoms with Gasteiger partial charge in [0.05, 0.1) is 30.5 Å². The first-order valence-electron chi connectivity index (χ1n) is 5.73. The highest BCUT2D eigenvalue weighted by molar-refractivity contribution is 6.34. The lowest BCUT2D eigenvalue weighted by molar-refractivity contribution is -0.130. The molecule has 0 aliphatic carbocycles. The van der Waals surface area contributed by atoms with Gasteiger partial charge in [0, 0.05) is 24.7 Å². The summed E-state index contributed by atoms with van der Waals surface area (Å²) in [5.41, 5.74) is 0. The summed E-state index contributed by atoms with van der Waals surface area (Å²) in [5, 5.41) is 9.42. The van der Waals surface area contributed by atoms with Gasteiger partial charge in [-0.2, -0.15) is 5.26 Å². The lowest BCUT2D eigenvalue weighted by Crippen LogP contribution is -2.28. The fraction of sp³-hybridized carbons (Fsp3) is 0.385. The van der Waals surface area contributed by atoms with Crippen LogP contribution in [-0.4, -0.2) is 31.0 Å². The van der Waals surface area contributed by atoms with Crippen LogP contribution in [0.4, 0.5) is 0 Å². The van der Waals surface area contributed by atoms with Crippen LogP contribution < -0.4 is 4.74 Å². The third-order valence-electron chi connectivity index (χ3n) is 2.45. The van der Waals surface area contributed by atoms with E-state index in [2.05, 4.69) is 0 Å². The van der Waals surface area contributed by atoms with E-state index in [0.717, 1.165) is 0 Å². The number of benzene rings is 1. The highest BCUT2D eigenvalue weighted by Crippen LogP contribution is 2.27. The normalized spacial score (nSPS) is 9.79. The van der Waals surface area contributed by atoms with E-state index < -0.39 is 0 Å². The zero-order valence-electron chi connectivity index (χ0n) is 10.5. The third kappa shape index (κ3) is 5.37. The molecule has 1 aromatic carbocycles. The summed E-state index contributed by atoms with van der Waals surface area (Å²) in [6, 6.07) is 6.90. The number of ether oxygens (including phenoxy) is 1. The van der Waals surface area contributed by atoms with Crippen LogP contribution in [0.5, 0.6) is 5.75 Å². The van der Waals surface area contributed by atoms with Gasteiger partial charge < -0.3 is 9.64 Å². The zero-order chi connectivity index (χ0) is 14.3. The maximum absolute atomic E-state index is 11.7. The number of hydrogen-bond donors (Lipinski definition) is 0. The second kappa shape index (κ2) is 7.88. The molecule has 0 saturated carbocycles. The molecular weight excluding hydrogens is 287 g/mol. The van der Waals surface area contributed by atoms with Gasteiger partial charge in [-0.15, -0.1) is 0 Å². The Kier molecular flexibility index (Phi) is 6.48. The first kappa shape index (κ1) is 15.6. The van der Waals surface area contributed by atoms with Crippen LogP contribution in [0.1, 0.15) is 12.8 Å². The predicted octanol–water partition coefficient (Wildman–Crippen LogP) is 3.13. The Morgan fingerprint density at radius 3 is 2.89 bits per heavy atom. The largest absolute Gasteiger partial charge is 0.491 e. The van der Waals surface area contributed by atoms with E-state index in [-0.39, 0.29) is 18.9 Å². The van der Waals surface area contributed by atoms with Crippen molar-refractivity contribution in [2.24, 2.45) is 0 Å². The molecule has 0 atom stereocenters. The minimum absolute atomic E-state index is 0.0756. The molecule has 0 saturated heterocycles. The fourth-order valence-electron chi connectivity index (χ4n) is 1.37. The number of amides is 1. The molecular formula is C13H14Cl2N2O2. The summed E-state index contributed by atoms with van der Waals surface area (Å²) in [4.78, 5) is 13.2. The van der Waals surface area contributed by atoms with Gasteiger partial charge in [0.1, 0.15) is 5.75 Å². The topological polar surface area (TPSA) is 53.3 Å². The van der Waals surface area contributed by atoms with Crippen molar-refractivity contribution in [2.75, 3.05) is 20.2 Å². The van der Waals surface area contributed by atoms with Crippen molar-refractivity contribution in [1.82, 2.24) is 4.90 Å². The number of rotatable bonds is 6. The van der Waals surface area contributed by atoms with Crippen LogP contribution in [0.2, 0.25) is 10.0 Å². The van der Waals surface area contributed by atoms with Crippen molar-refractivity contribution in [2.45, 2.75) is 12.8 Å². The molecule has 0 radical (unpaired) electrons. The predicted molar refractivity (Wildman–Crippen MR) is 74.4 cm³/mol. The Morgan fingerprint density at radius 2 is 2.21 bits per heavy atom. The molecule has 0 aliphatic rings. The molecule has 0 heterocycles. The van der Waals surface area contributed by atoms with Crippen LogP contribution in [0.25, 0.3) is 0 Å². The van der Waals surface area contributed by atoms with Crippen LogP contribution in [0.3, 0.4) is 0 Å². The third-order valence-corrected chi connectivity index (χ3v) is 3.00. The number of halogens is 2. The molecule has 0 unspecified atom stereocenters. The average molecular weight is 301 g/mol. The number of carbonyl (C=O) groups is 1. The number of nitriles is 1. The molecule has 0 N–H and O–H groups in total. The van der Waals surface area contributed by atoms with Crippen LogP contribution in [0, 0.1) is 11.3 Å². The van der Waals surface area contributed by atoms with Crippen LogP contribution in [0.15, 0.2) is 18.2 Å². The molecule has 1 amide bonds. The van der Waals surface area contributed by atoms with E-state index in [9.17, 15) is 4.79 Å². The fourth-order valence-corrected chi connectivity index (χ4v) is 1.70. The van der Waals surface area contributed by atoms with E-state index in [1.54, 1.807) is 25.2 Å². The van der Waals surface area contributed by atoms with Gasteiger partial charge >= 0.3 is 0 Å². The molecule has 0 aliphatic heterocycles. The van der Waals surface area contributed by atoms with Crippen LogP contribution in [-0.2, 0) is 4.79 Å². The van der Waals surface area contributed by atoms with Crippen molar-refractivity contribution in [3.63, 3.8) is 0 Å². The molecule has 4 nitrogen and oxygen atoms in total. The molecule has 0 aromatic heterocycles. The average Bonchev–Trinajstić information content (AvgIpc) is 2.39. The van der Waals surface area contributed by atoms with E-state index >= 15 is 0 Å². The molecule has 6 heteroatoms. The molecule has 102 valence electrons. The summed E-state index contributed by atoms with van der Waals surface area (Å²) >= 11 is 11.7. The van der Waals surface area contributed by atoms with Gasteiger partial charge in [-0.25, -0.2) is 0 Å². The Balaban J connectivity index is 2.40. The van der Waals surface area contributed by atoms with Crippen molar-refractivity contribution < 1.29 is 9.53 Å². The Labute approximate surface area is 122 Å². The second-order valence-corrected chi connectivity index (χ2v) is 4.74. The van der Waals surface area contributed by atoms with Crippen molar-refractivity contribution in [3.05, 3.63) is 28.2 Å². The monoisotopic (exact) mass is 300 g/mol. The quantitative estimate of drug-likeness (QED) is 0.811. The Morgan fingerprint density at radius 1 is 1.47 bits per heavy atom. The lowest BCUT2D eigenvalue weighted by atomic mass is 10.3. The molecule has 0 bridgehead atoms. The molecule has 1 aromatic rings. The van der Waals surface area contributed by atoms with Gasteiger partial charge in [0.15, 0.2) is 0 Å².